The first-order chi connectivity index (χ1) is 13.2. The third-order valence-corrected chi connectivity index (χ3v) is 5.12. The number of carbonyl (C=O) groups is 4. The van der Waals surface area contributed by atoms with Crippen LogP contribution >= 0.6 is 11.3 Å². The van der Waals surface area contributed by atoms with Crippen molar-refractivity contribution >= 4 is 52.5 Å². The van der Waals surface area contributed by atoms with Gasteiger partial charge >= 0.3 is 12.0 Å². The summed E-state index contributed by atoms with van der Waals surface area (Å²) in [5.74, 6) is -1.17. The summed E-state index contributed by atoms with van der Waals surface area (Å²) in [6.07, 6.45) is 1.36. The Kier molecular flexibility index (Phi) is 5.23. The Labute approximate surface area is 164 Å². The highest BCUT2D eigenvalue weighted by Gasteiger charge is 2.50. The number of ether oxygens (including phenoxy) is 1. The number of nitrogens with zero attached hydrogens (tertiary/aromatic N) is 5. The largest absolute Gasteiger partial charge is 0.461 e. The van der Waals surface area contributed by atoms with E-state index >= 15 is 0 Å². The number of hydrogen-bond donors (Lipinski definition) is 1. The monoisotopic (exact) mass is 407 g/mol. The molecule has 0 saturated carbocycles. The Morgan fingerprint density at radius 1 is 1.32 bits per heavy atom. The fraction of sp³-hybridized carbons (Fsp3) is 0.438. The SMILES string of the molecule is CCOC(=O)c1nc(NC(=O)C[N+]2=CN=C3C2C(=O)N(C)C(=O)N3C)sc1C. The molecule has 1 unspecified atom stereocenters. The van der Waals surface area contributed by atoms with Gasteiger partial charge in [-0.1, -0.05) is 0 Å². The molecular weight excluding hydrogens is 388 g/mol. The molecular formula is C16H19N6O5S+. The van der Waals surface area contributed by atoms with Crippen LogP contribution in [0.25, 0.3) is 0 Å². The van der Waals surface area contributed by atoms with E-state index in [2.05, 4.69) is 15.3 Å². The smallest absolute Gasteiger partial charge is 0.358 e. The molecule has 28 heavy (non-hydrogen) atoms. The standard InChI is InChI=1S/C16H18N6O5S/c1-5-27-14(25)10-8(2)28-15(19-10)18-9(23)6-22-7-17-12-11(22)13(24)21(4)16(26)20(12)3/h7,11H,5-6H2,1-4H3/p+1. The Morgan fingerprint density at radius 3 is 2.71 bits per heavy atom. The quantitative estimate of drug-likeness (QED) is 0.537. The second kappa shape index (κ2) is 7.46. The van der Waals surface area contributed by atoms with Crippen LogP contribution in [-0.2, 0) is 14.3 Å². The molecule has 2 aliphatic heterocycles. The lowest BCUT2D eigenvalue weighted by molar-refractivity contribution is -0.519. The van der Waals surface area contributed by atoms with Crippen molar-refractivity contribution in [2.24, 2.45) is 4.99 Å². The molecule has 1 atom stereocenters. The van der Waals surface area contributed by atoms with Gasteiger partial charge in [-0.25, -0.2) is 19.1 Å². The first kappa shape index (κ1) is 19.6. The van der Waals surface area contributed by atoms with Crippen LogP contribution in [0, 0.1) is 6.92 Å². The van der Waals surface area contributed by atoms with Crippen LogP contribution in [0.5, 0.6) is 0 Å². The molecule has 3 rings (SSSR count). The van der Waals surface area contributed by atoms with Gasteiger partial charge in [0.2, 0.25) is 0 Å². The number of esters is 1. The van der Waals surface area contributed by atoms with Gasteiger partial charge in [0.25, 0.3) is 30.0 Å². The lowest BCUT2D eigenvalue weighted by Gasteiger charge is -2.30. The van der Waals surface area contributed by atoms with E-state index in [0.717, 1.165) is 16.2 Å². The molecule has 1 aromatic rings. The minimum atomic E-state index is -0.841. The molecule has 1 fully saturated rings. The number of imide groups is 1. The normalized spacial score (nSPS) is 18.6. The maximum Gasteiger partial charge on any atom is 0.358 e. The lowest BCUT2D eigenvalue weighted by Crippen LogP contribution is -2.61. The molecule has 4 amide bonds. The summed E-state index contributed by atoms with van der Waals surface area (Å²) in [5, 5.41) is 2.87. The average molecular weight is 407 g/mol. The number of hydrogen-bond acceptors (Lipinski definition) is 8. The number of amides is 4. The van der Waals surface area contributed by atoms with Gasteiger partial charge in [0.05, 0.1) is 6.61 Å². The first-order valence-electron chi connectivity index (χ1n) is 8.41. The average Bonchev–Trinajstić information content (AvgIpc) is 3.21. The van der Waals surface area contributed by atoms with Crippen molar-refractivity contribution in [3.63, 3.8) is 0 Å². The number of thiazole rings is 1. The van der Waals surface area contributed by atoms with Crippen molar-refractivity contribution in [2.75, 3.05) is 32.6 Å². The summed E-state index contributed by atoms with van der Waals surface area (Å²) in [7, 11) is 2.90. The van der Waals surface area contributed by atoms with Gasteiger partial charge < -0.3 is 4.74 Å². The van der Waals surface area contributed by atoms with Crippen LogP contribution in [0.15, 0.2) is 4.99 Å². The van der Waals surface area contributed by atoms with Gasteiger partial charge in [-0.15, -0.1) is 11.3 Å². The van der Waals surface area contributed by atoms with Crippen molar-refractivity contribution < 1.29 is 28.5 Å². The molecule has 3 heterocycles. The molecule has 12 heteroatoms. The van der Waals surface area contributed by atoms with Crippen molar-refractivity contribution in [3.8, 4) is 0 Å². The fourth-order valence-corrected chi connectivity index (χ4v) is 3.65. The molecule has 2 aliphatic rings. The number of aliphatic imine (C=N–C) groups is 1. The predicted octanol–water partition coefficient (Wildman–Crippen LogP) is -0.0880. The summed E-state index contributed by atoms with van der Waals surface area (Å²) in [4.78, 5) is 59.7. The highest BCUT2D eigenvalue weighted by molar-refractivity contribution is 7.16. The molecule has 0 spiro atoms. The zero-order valence-electron chi connectivity index (χ0n) is 15.8. The zero-order chi connectivity index (χ0) is 20.6. The van der Waals surface area contributed by atoms with E-state index in [9.17, 15) is 19.2 Å². The molecule has 0 radical (unpaired) electrons. The molecule has 0 bridgehead atoms. The number of anilines is 1. The van der Waals surface area contributed by atoms with Gasteiger partial charge in [-0.3, -0.25) is 24.7 Å². The van der Waals surface area contributed by atoms with Crippen LogP contribution in [0.1, 0.15) is 22.3 Å². The summed E-state index contributed by atoms with van der Waals surface area (Å²) in [6.45, 7) is 3.45. The minimum absolute atomic E-state index is 0.157. The number of aryl methyl sites for hydroxylation is 1. The van der Waals surface area contributed by atoms with Gasteiger partial charge in [0.1, 0.15) is 0 Å². The van der Waals surface area contributed by atoms with Gasteiger partial charge in [0, 0.05) is 19.0 Å². The maximum absolute atomic E-state index is 12.4. The minimum Gasteiger partial charge on any atom is -0.461 e. The van der Waals surface area contributed by atoms with Crippen LogP contribution < -0.4 is 5.32 Å². The topological polar surface area (TPSA) is 124 Å². The Hall–Kier alpha value is -3.15. The zero-order valence-corrected chi connectivity index (χ0v) is 16.6. The van der Waals surface area contributed by atoms with E-state index < -0.39 is 29.9 Å². The summed E-state index contributed by atoms with van der Waals surface area (Å²) < 4.78 is 6.37. The van der Waals surface area contributed by atoms with E-state index in [1.54, 1.807) is 13.8 Å². The number of carbonyl (C=O) groups excluding carboxylic acids is 4. The van der Waals surface area contributed by atoms with Gasteiger partial charge in [-0.2, -0.15) is 0 Å². The third kappa shape index (κ3) is 3.38. The van der Waals surface area contributed by atoms with Crippen LogP contribution in [0.2, 0.25) is 0 Å². The molecule has 1 N–H and O–H groups in total. The molecule has 0 aromatic carbocycles. The number of likely N-dealkylation sites (N-methyl/N-ethyl adjacent to an activating group) is 2. The van der Waals surface area contributed by atoms with Crippen molar-refractivity contribution in [2.45, 2.75) is 19.9 Å². The van der Waals surface area contributed by atoms with E-state index in [-0.39, 0.29) is 29.8 Å². The number of nitrogens with one attached hydrogen (secondary N) is 1. The summed E-state index contributed by atoms with van der Waals surface area (Å²) in [6, 6.07) is -1.32. The highest BCUT2D eigenvalue weighted by atomic mass is 32.1. The third-order valence-electron chi connectivity index (χ3n) is 4.23. The molecule has 1 aromatic heterocycles. The number of fused-ring (bicyclic) bond motifs is 1. The van der Waals surface area contributed by atoms with E-state index in [4.69, 9.17) is 4.74 Å². The van der Waals surface area contributed by atoms with Crippen LogP contribution in [-0.4, -0.2) is 88.6 Å². The highest BCUT2D eigenvalue weighted by Crippen LogP contribution is 2.23. The summed E-state index contributed by atoms with van der Waals surface area (Å²) >= 11 is 1.15. The van der Waals surface area contributed by atoms with Crippen LogP contribution in [0.4, 0.5) is 9.93 Å². The van der Waals surface area contributed by atoms with Crippen molar-refractivity contribution in [1.29, 1.82) is 0 Å². The maximum atomic E-state index is 12.4. The van der Waals surface area contributed by atoms with E-state index in [0.29, 0.717) is 4.88 Å². The number of rotatable bonds is 5. The van der Waals surface area contributed by atoms with Crippen LogP contribution in [0.3, 0.4) is 0 Å². The van der Waals surface area contributed by atoms with Gasteiger partial charge in [-0.05, 0) is 18.8 Å². The Morgan fingerprint density at radius 2 is 2.04 bits per heavy atom. The number of urea groups is 1. The molecule has 1 saturated heterocycles. The van der Waals surface area contributed by atoms with Gasteiger partial charge in [0.15, 0.2) is 17.4 Å². The number of aromatic nitrogens is 1. The molecule has 0 aliphatic carbocycles. The summed E-state index contributed by atoms with van der Waals surface area (Å²) in [5.41, 5.74) is 0.157. The fourth-order valence-electron chi connectivity index (χ4n) is 2.84. The second-order valence-electron chi connectivity index (χ2n) is 6.11. The number of amidine groups is 1. The lowest BCUT2D eigenvalue weighted by atomic mass is 10.1. The van der Waals surface area contributed by atoms with Crippen molar-refractivity contribution in [3.05, 3.63) is 10.6 Å². The second-order valence-corrected chi connectivity index (χ2v) is 7.31. The Bertz CT molecular complexity index is 936. The first-order valence-corrected chi connectivity index (χ1v) is 9.22. The molecule has 11 nitrogen and oxygen atoms in total. The van der Waals surface area contributed by atoms with E-state index in [1.165, 1.54) is 29.9 Å². The van der Waals surface area contributed by atoms with Crippen molar-refractivity contribution in [1.82, 2.24) is 14.8 Å². The predicted molar refractivity (Wildman–Crippen MR) is 99.8 cm³/mol. The van der Waals surface area contributed by atoms with E-state index in [1.807, 2.05) is 0 Å². The Balaban J connectivity index is 1.68. The molecule has 148 valence electrons.